The third-order valence-corrected chi connectivity index (χ3v) is 4.30. The summed E-state index contributed by atoms with van der Waals surface area (Å²) in [6, 6.07) is 0.775. The van der Waals surface area contributed by atoms with E-state index in [2.05, 4.69) is 39.9 Å². The molecule has 106 valence electrons. The van der Waals surface area contributed by atoms with Gasteiger partial charge in [0.15, 0.2) is 5.17 Å². The zero-order chi connectivity index (χ0) is 13.8. The molecular formula is C14H28N2OS. The molecule has 1 N–H and O–H groups in total. The Morgan fingerprint density at radius 2 is 2.11 bits per heavy atom. The van der Waals surface area contributed by atoms with E-state index in [0.717, 1.165) is 17.5 Å². The van der Waals surface area contributed by atoms with Gasteiger partial charge >= 0.3 is 0 Å². The molecule has 0 fully saturated rings. The van der Waals surface area contributed by atoms with Gasteiger partial charge in [0.2, 0.25) is 0 Å². The minimum Gasteiger partial charge on any atom is -0.383 e. The second-order valence-electron chi connectivity index (χ2n) is 6.40. The van der Waals surface area contributed by atoms with Crippen molar-refractivity contribution in [1.29, 1.82) is 0 Å². The number of ether oxygens (including phenoxy) is 1. The van der Waals surface area contributed by atoms with Gasteiger partial charge in [-0.05, 0) is 17.8 Å². The number of thioether (sulfide) groups is 1. The van der Waals surface area contributed by atoms with E-state index in [4.69, 9.17) is 9.73 Å². The molecule has 0 saturated carbocycles. The summed E-state index contributed by atoms with van der Waals surface area (Å²) < 4.78 is 5.27. The van der Waals surface area contributed by atoms with Gasteiger partial charge in [-0.3, -0.25) is 4.99 Å². The van der Waals surface area contributed by atoms with Gasteiger partial charge in [-0.2, -0.15) is 0 Å². The second-order valence-corrected chi connectivity index (χ2v) is 7.49. The van der Waals surface area contributed by atoms with E-state index in [-0.39, 0.29) is 5.41 Å². The monoisotopic (exact) mass is 272 g/mol. The van der Waals surface area contributed by atoms with Crippen molar-refractivity contribution in [3.8, 4) is 0 Å². The van der Waals surface area contributed by atoms with Crippen LogP contribution in [0.4, 0.5) is 0 Å². The summed E-state index contributed by atoms with van der Waals surface area (Å²) in [6.45, 7) is 12.0. The van der Waals surface area contributed by atoms with Gasteiger partial charge in [0.05, 0.1) is 18.7 Å². The minimum absolute atomic E-state index is 0.252. The van der Waals surface area contributed by atoms with Crippen molar-refractivity contribution in [2.75, 3.05) is 19.5 Å². The first-order chi connectivity index (χ1) is 8.34. The second kappa shape index (κ2) is 6.80. The van der Waals surface area contributed by atoms with Crippen LogP contribution in [-0.4, -0.2) is 36.7 Å². The van der Waals surface area contributed by atoms with E-state index in [0.29, 0.717) is 18.0 Å². The number of hydrogen-bond acceptors (Lipinski definition) is 4. The van der Waals surface area contributed by atoms with Gasteiger partial charge in [0.1, 0.15) is 0 Å². The molecule has 0 saturated heterocycles. The number of nitrogens with one attached hydrogen (secondary N) is 1. The van der Waals surface area contributed by atoms with Gasteiger partial charge in [0.25, 0.3) is 0 Å². The molecule has 2 unspecified atom stereocenters. The fraction of sp³-hybridized carbons (Fsp3) is 0.929. The number of rotatable bonds is 4. The van der Waals surface area contributed by atoms with Crippen LogP contribution in [0, 0.1) is 11.3 Å². The number of methoxy groups -OCH3 is 1. The van der Waals surface area contributed by atoms with Crippen molar-refractivity contribution in [2.24, 2.45) is 16.3 Å². The molecule has 2 atom stereocenters. The van der Waals surface area contributed by atoms with Gasteiger partial charge in [-0.25, -0.2) is 0 Å². The first-order valence-electron chi connectivity index (χ1n) is 6.80. The molecule has 18 heavy (non-hydrogen) atoms. The number of nitrogens with zero attached hydrogens (tertiary/aromatic N) is 1. The van der Waals surface area contributed by atoms with Crippen molar-refractivity contribution in [3.05, 3.63) is 0 Å². The normalized spacial score (nSPS) is 22.8. The van der Waals surface area contributed by atoms with Crippen LogP contribution < -0.4 is 5.32 Å². The molecular weight excluding hydrogens is 244 g/mol. The lowest BCUT2D eigenvalue weighted by atomic mass is 9.85. The maximum Gasteiger partial charge on any atom is 0.157 e. The predicted octanol–water partition coefficient (Wildman–Crippen LogP) is 3.15. The van der Waals surface area contributed by atoms with Crippen LogP contribution in [0.2, 0.25) is 0 Å². The van der Waals surface area contributed by atoms with Crippen molar-refractivity contribution in [2.45, 2.75) is 53.1 Å². The van der Waals surface area contributed by atoms with Crippen molar-refractivity contribution >= 4 is 16.9 Å². The average Bonchev–Trinajstić information content (AvgIpc) is 2.27. The van der Waals surface area contributed by atoms with Crippen LogP contribution in [0.25, 0.3) is 0 Å². The Hall–Kier alpha value is -0.220. The van der Waals surface area contributed by atoms with E-state index in [1.54, 1.807) is 7.11 Å². The molecule has 1 aliphatic heterocycles. The number of aliphatic imine (C=N–C) groups is 1. The standard InChI is InChI=1S/C14H28N2OS/c1-10(2)11(9-17-6)15-13-16-12(7-8-18-13)14(3,4)5/h10-12H,7-9H2,1-6H3,(H,15,16). The van der Waals surface area contributed by atoms with Gasteiger partial charge in [0, 0.05) is 12.9 Å². The van der Waals surface area contributed by atoms with Gasteiger partial charge in [-0.15, -0.1) is 0 Å². The molecule has 3 nitrogen and oxygen atoms in total. The van der Waals surface area contributed by atoms with Crippen molar-refractivity contribution in [3.63, 3.8) is 0 Å². The molecule has 0 spiro atoms. The third kappa shape index (κ3) is 4.81. The minimum atomic E-state index is 0.252. The molecule has 1 aliphatic rings. The maximum atomic E-state index is 5.27. The summed E-state index contributed by atoms with van der Waals surface area (Å²) in [4.78, 5) is 4.87. The quantitative estimate of drug-likeness (QED) is 0.853. The van der Waals surface area contributed by atoms with Crippen LogP contribution in [0.5, 0.6) is 0 Å². The van der Waals surface area contributed by atoms with E-state index in [9.17, 15) is 0 Å². The van der Waals surface area contributed by atoms with Crippen molar-refractivity contribution in [1.82, 2.24) is 5.32 Å². The summed E-state index contributed by atoms with van der Waals surface area (Å²) in [5.74, 6) is 1.70. The largest absolute Gasteiger partial charge is 0.383 e. The topological polar surface area (TPSA) is 33.6 Å². The highest BCUT2D eigenvalue weighted by molar-refractivity contribution is 8.13. The zero-order valence-corrected chi connectivity index (χ0v) is 13.4. The van der Waals surface area contributed by atoms with E-state index in [1.807, 2.05) is 11.8 Å². The van der Waals surface area contributed by atoms with Gasteiger partial charge in [-0.1, -0.05) is 46.4 Å². The molecule has 0 aromatic heterocycles. The lowest BCUT2D eigenvalue weighted by Gasteiger charge is -2.32. The number of amidine groups is 1. The molecule has 0 radical (unpaired) electrons. The lowest BCUT2D eigenvalue weighted by Crippen LogP contribution is -2.43. The fourth-order valence-electron chi connectivity index (χ4n) is 1.96. The smallest absolute Gasteiger partial charge is 0.157 e. The SMILES string of the molecule is COCC(NC1=NC(C(C)(C)C)CCS1)C(C)C. The Morgan fingerprint density at radius 1 is 1.44 bits per heavy atom. The van der Waals surface area contributed by atoms with E-state index in [1.165, 1.54) is 6.42 Å². The average molecular weight is 272 g/mol. The molecule has 4 heteroatoms. The van der Waals surface area contributed by atoms with Crippen LogP contribution in [-0.2, 0) is 4.74 Å². The molecule has 1 heterocycles. The predicted molar refractivity (Wildman–Crippen MR) is 81.4 cm³/mol. The summed E-state index contributed by atoms with van der Waals surface area (Å²) in [7, 11) is 1.75. The highest BCUT2D eigenvalue weighted by Crippen LogP contribution is 2.30. The summed E-state index contributed by atoms with van der Waals surface area (Å²) in [5, 5.41) is 4.64. The highest BCUT2D eigenvalue weighted by atomic mass is 32.2. The Balaban J connectivity index is 2.67. The van der Waals surface area contributed by atoms with E-state index >= 15 is 0 Å². The summed E-state index contributed by atoms with van der Waals surface area (Å²) >= 11 is 1.84. The van der Waals surface area contributed by atoms with Crippen LogP contribution >= 0.6 is 11.8 Å². The number of hydrogen-bond donors (Lipinski definition) is 1. The Labute approximate surface area is 116 Å². The Morgan fingerprint density at radius 3 is 2.61 bits per heavy atom. The molecule has 0 aromatic carbocycles. The van der Waals surface area contributed by atoms with Crippen LogP contribution in [0.15, 0.2) is 4.99 Å². The van der Waals surface area contributed by atoms with E-state index < -0.39 is 0 Å². The van der Waals surface area contributed by atoms with Gasteiger partial charge < -0.3 is 10.1 Å². The highest BCUT2D eigenvalue weighted by Gasteiger charge is 2.28. The first kappa shape index (κ1) is 15.8. The Bertz CT molecular complexity index is 284. The third-order valence-electron chi connectivity index (χ3n) is 3.36. The zero-order valence-electron chi connectivity index (χ0n) is 12.6. The molecule has 0 bridgehead atoms. The summed E-state index contributed by atoms with van der Waals surface area (Å²) in [5.41, 5.74) is 0.252. The summed E-state index contributed by atoms with van der Waals surface area (Å²) in [6.07, 6.45) is 1.18. The molecule has 0 amide bonds. The van der Waals surface area contributed by atoms with Crippen molar-refractivity contribution < 1.29 is 4.74 Å². The van der Waals surface area contributed by atoms with Crippen LogP contribution in [0.1, 0.15) is 41.0 Å². The van der Waals surface area contributed by atoms with Crippen LogP contribution in [0.3, 0.4) is 0 Å². The first-order valence-corrected chi connectivity index (χ1v) is 7.79. The molecule has 1 rings (SSSR count). The molecule has 0 aliphatic carbocycles. The Kier molecular flexibility index (Phi) is 5.99. The lowest BCUT2D eigenvalue weighted by molar-refractivity contribution is 0.156. The molecule has 0 aromatic rings. The maximum absolute atomic E-state index is 5.27. The fourth-order valence-corrected chi connectivity index (χ4v) is 2.93.